The van der Waals surface area contributed by atoms with Gasteiger partial charge in [-0.05, 0) is 57.1 Å². The normalized spacial score (nSPS) is 19.2. The van der Waals surface area contributed by atoms with Gasteiger partial charge in [0.2, 0.25) is 0 Å². The van der Waals surface area contributed by atoms with E-state index in [0.717, 1.165) is 25.4 Å². The van der Waals surface area contributed by atoms with Crippen LogP contribution in [0.4, 0.5) is 0 Å². The Labute approximate surface area is 111 Å². The molecule has 0 radical (unpaired) electrons. The number of hydrogen-bond donors (Lipinski definition) is 1. The molecule has 1 atom stereocenters. The average Bonchev–Trinajstić information content (AvgIpc) is 3.09. The molecule has 1 N–H and O–H groups in total. The van der Waals surface area contributed by atoms with Crippen LogP contribution in [0.3, 0.4) is 0 Å². The maximum Gasteiger partial charge on any atom is 0.0630 e. The van der Waals surface area contributed by atoms with Crippen LogP contribution in [0.15, 0.2) is 12.3 Å². The molecule has 0 bridgehead atoms. The second-order valence-corrected chi connectivity index (χ2v) is 6.27. The zero-order valence-corrected chi connectivity index (χ0v) is 12.2. The standard InChI is InChI=1S/C15H27N3/c1-5-16-11-15(4,13-6-7-13)10-14-8-9-18(17-14)12(2)3/h8-9,12-13,16H,5-7,10-11H2,1-4H3. The van der Waals surface area contributed by atoms with Crippen LogP contribution < -0.4 is 5.32 Å². The van der Waals surface area contributed by atoms with Gasteiger partial charge < -0.3 is 5.32 Å². The van der Waals surface area contributed by atoms with Crippen LogP contribution >= 0.6 is 0 Å². The predicted octanol–water partition coefficient (Wildman–Crippen LogP) is 3.03. The second kappa shape index (κ2) is 5.43. The maximum absolute atomic E-state index is 4.70. The molecule has 0 amide bonds. The Bertz CT molecular complexity index is 379. The van der Waals surface area contributed by atoms with Crippen LogP contribution in [0.1, 0.15) is 52.3 Å². The van der Waals surface area contributed by atoms with Crippen molar-refractivity contribution in [1.29, 1.82) is 0 Å². The largest absolute Gasteiger partial charge is 0.316 e. The summed E-state index contributed by atoms with van der Waals surface area (Å²) in [5.41, 5.74) is 1.63. The van der Waals surface area contributed by atoms with Gasteiger partial charge in [-0.25, -0.2) is 0 Å². The Hall–Kier alpha value is -0.830. The number of nitrogens with one attached hydrogen (secondary N) is 1. The van der Waals surface area contributed by atoms with Gasteiger partial charge in [-0.15, -0.1) is 0 Å². The molecule has 18 heavy (non-hydrogen) atoms. The van der Waals surface area contributed by atoms with E-state index in [0.29, 0.717) is 11.5 Å². The van der Waals surface area contributed by atoms with E-state index >= 15 is 0 Å². The van der Waals surface area contributed by atoms with Crippen LogP contribution in [0.5, 0.6) is 0 Å². The topological polar surface area (TPSA) is 29.9 Å². The molecule has 1 saturated carbocycles. The van der Waals surface area contributed by atoms with E-state index in [1.165, 1.54) is 18.5 Å². The summed E-state index contributed by atoms with van der Waals surface area (Å²) in [6, 6.07) is 2.65. The first kappa shape index (κ1) is 13.6. The van der Waals surface area contributed by atoms with Crippen molar-refractivity contribution in [2.24, 2.45) is 11.3 Å². The number of nitrogens with zero attached hydrogens (tertiary/aromatic N) is 2. The van der Waals surface area contributed by atoms with E-state index in [4.69, 9.17) is 5.10 Å². The van der Waals surface area contributed by atoms with Crippen molar-refractivity contribution in [3.05, 3.63) is 18.0 Å². The highest BCUT2D eigenvalue weighted by Gasteiger charge is 2.41. The van der Waals surface area contributed by atoms with Crippen LogP contribution in [0, 0.1) is 11.3 Å². The van der Waals surface area contributed by atoms with E-state index in [2.05, 4.69) is 50.0 Å². The minimum Gasteiger partial charge on any atom is -0.316 e. The average molecular weight is 249 g/mol. The summed E-state index contributed by atoms with van der Waals surface area (Å²) >= 11 is 0. The van der Waals surface area contributed by atoms with Gasteiger partial charge in [-0.1, -0.05) is 13.8 Å². The Morgan fingerprint density at radius 1 is 1.50 bits per heavy atom. The van der Waals surface area contributed by atoms with Gasteiger partial charge in [0.1, 0.15) is 0 Å². The smallest absolute Gasteiger partial charge is 0.0630 e. The molecule has 1 aliphatic rings. The van der Waals surface area contributed by atoms with Crippen molar-refractivity contribution in [2.75, 3.05) is 13.1 Å². The fraction of sp³-hybridized carbons (Fsp3) is 0.800. The number of hydrogen-bond acceptors (Lipinski definition) is 2. The summed E-state index contributed by atoms with van der Waals surface area (Å²) in [6.07, 6.45) is 6.00. The molecule has 0 aromatic carbocycles. The van der Waals surface area contributed by atoms with Crippen LogP contribution in [-0.2, 0) is 6.42 Å². The molecule has 102 valence electrons. The summed E-state index contributed by atoms with van der Waals surface area (Å²) < 4.78 is 2.07. The van der Waals surface area contributed by atoms with Crippen molar-refractivity contribution >= 4 is 0 Å². The SMILES string of the molecule is CCNCC(C)(Cc1ccn(C(C)C)n1)C1CC1. The van der Waals surface area contributed by atoms with E-state index < -0.39 is 0 Å². The fourth-order valence-corrected chi connectivity index (χ4v) is 2.72. The van der Waals surface area contributed by atoms with Crippen LogP contribution in [-0.4, -0.2) is 22.9 Å². The van der Waals surface area contributed by atoms with Gasteiger partial charge in [0.05, 0.1) is 5.69 Å². The van der Waals surface area contributed by atoms with E-state index in [9.17, 15) is 0 Å². The first-order valence-corrected chi connectivity index (χ1v) is 7.30. The minimum atomic E-state index is 0.381. The van der Waals surface area contributed by atoms with Gasteiger partial charge in [-0.3, -0.25) is 4.68 Å². The Kier molecular flexibility index (Phi) is 4.10. The highest BCUT2D eigenvalue weighted by molar-refractivity contribution is 5.07. The summed E-state index contributed by atoms with van der Waals surface area (Å²) in [7, 11) is 0. The summed E-state index contributed by atoms with van der Waals surface area (Å²) in [5.74, 6) is 0.890. The lowest BCUT2D eigenvalue weighted by molar-refractivity contribution is 0.254. The quantitative estimate of drug-likeness (QED) is 0.805. The lowest BCUT2D eigenvalue weighted by atomic mass is 9.80. The molecule has 0 spiro atoms. The van der Waals surface area contributed by atoms with Gasteiger partial charge in [0, 0.05) is 18.8 Å². The van der Waals surface area contributed by atoms with Gasteiger partial charge in [0.15, 0.2) is 0 Å². The maximum atomic E-state index is 4.70. The molecule has 1 aromatic heterocycles. The second-order valence-electron chi connectivity index (χ2n) is 6.27. The third-order valence-electron chi connectivity index (χ3n) is 4.12. The molecule has 1 aromatic rings. The van der Waals surface area contributed by atoms with E-state index in [-0.39, 0.29) is 0 Å². The Morgan fingerprint density at radius 3 is 2.72 bits per heavy atom. The Morgan fingerprint density at radius 2 is 2.22 bits per heavy atom. The number of rotatable bonds is 7. The summed E-state index contributed by atoms with van der Waals surface area (Å²) in [6.45, 7) is 11.1. The molecule has 1 heterocycles. The third kappa shape index (κ3) is 3.14. The molecule has 1 fully saturated rings. The first-order chi connectivity index (χ1) is 8.55. The predicted molar refractivity (Wildman–Crippen MR) is 75.7 cm³/mol. The molecule has 0 saturated heterocycles. The molecule has 0 aliphatic heterocycles. The molecule has 3 nitrogen and oxygen atoms in total. The highest BCUT2D eigenvalue weighted by Crippen LogP contribution is 2.46. The highest BCUT2D eigenvalue weighted by atomic mass is 15.3. The van der Waals surface area contributed by atoms with Gasteiger partial charge >= 0.3 is 0 Å². The van der Waals surface area contributed by atoms with Crippen molar-refractivity contribution < 1.29 is 0 Å². The summed E-state index contributed by atoms with van der Waals surface area (Å²) in [5, 5.41) is 8.23. The molecular weight excluding hydrogens is 222 g/mol. The molecule has 1 unspecified atom stereocenters. The third-order valence-corrected chi connectivity index (χ3v) is 4.12. The van der Waals surface area contributed by atoms with Crippen molar-refractivity contribution in [2.45, 2.75) is 53.0 Å². The van der Waals surface area contributed by atoms with Crippen LogP contribution in [0.25, 0.3) is 0 Å². The van der Waals surface area contributed by atoms with Crippen molar-refractivity contribution in [3.63, 3.8) is 0 Å². The molecule has 2 rings (SSSR count). The van der Waals surface area contributed by atoms with Crippen molar-refractivity contribution in [1.82, 2.24) is 15.1 Å². The van der Waals surface area contributed by atoms with E-state index in [1.807, 2.05) is 0 Å². The molecule has 3 heteroatoms. The van der Waals surface area contributed by atoms with Crippen LogP contribution in [0.2, 0.25) is 0 Å². The van der Waals surface area contributed by atoms with E-state index in [1.54, 1.807) is 0 Å². The minimum absolute atomic E-state index is 0.381. The number of aromatic nitrogens is 2. The Balaban J connectivity index is 2.03. The lowest BCUT2D eigenvalue weighted by Gasteiger charge is -2.29. The molecular formula is C15H27N3. The zero-order valence-electron chi connectivity index (χ0n) is 12.2. The monoisotopic (exact) mass is 249 g/mol. The van der Waals surface area contributed by atoms with Gasteiger partial charge in [-0.2, -0.15) is 5.10 Å². The fourth-order valence-electron chi connectivity index (χ4n) is 2.72. The molecule has 1 aliphatic carbocycles. The van der Waals surface area contributed by atoms with Crippen molar-refractivity contribution in [3.8, 4) is 0 Å². The zero-order chi connectivity index (χ0) is 13.2. The summed E-state index contributed by atoms with van der Waals surface area (Å²) in [4.78, 5) is 0. The first-order valence-electron chi connectivity index (χ1n) is 7.30. The van der Waals surface area contributed by atoms with Gasteiger partial charge in [0.25, 0.3) is 0 Å². The lowest BCUT2D eigenvalue weighted by Crippen LogP contribution is -2.35.